The highest BCUT2D eigenvalue weighted by Crippen LogP contribution is 2.55. The van der Waals surface area contributed by atoms with Crippen molar-refractivity contribution in [1.82, 2.24) is 18.3 Å². The average molecular weight is 861 g/mol. The SMILES string of the molecule is C[C@@H]1CCC2=C(C1)c1c3c(n(-c4cccc5c4c4ccccc4n5-c4ccccc4)c1CC2)CCc1c-3c2c3ccccc3ccc2n1-c1cccc2c1c1ccccc1n2-c1ccccc1. The van der Waals surface area contributed by atoms with Gasteiger partial charge in [-0.1, -0.05) is 128 Å². The molecule has 3 aliphatic carbocycles. The maximum absolute atomic E-state index is 2.79. The van der Waals surface area contributed by atoms with E-state index in [0.29, 0.717) is 5.92 Å². The number of para-hydroxylation sites is 4. The van der Waals surface area contributed by atoms with Crippen molar-refractivity contribution in [1.29, 1.82) is 0 Å². The smallest absolute Gasteiger partial charge is 0.0562 e. The molecule has 0 aliphatic heterocycles. The van der Waals surface area contributed by atoms with E-state index in [0.717, 1.165) is 32.1 Å². The molecule has 0 N–H and O–H groups in total. The van der Waals surface area contributed by atoms with Crippen LogP contribution in [0.15, 0.2) is 188 Å². The quantitative estimate of drug-likeness (QED) is 0.168. The summed E-state index contributed by atoms with van der Waals surface area (Å²) in [6.07, 6.45) is 7.72. The highest BCUT2D eigenvalue weighted by molar-refractivity contribution is 6.20. The van der Waals surface area contributed by atoms with Crippen LogP contribution in [-0.4, -0.2) is 18.3 Å². The summed E-state index contributed by atoms with van der Waals surface area (Å²) in [5.74, 6) is 0.653. The summed E-state index contributed by atoms with van der Waals surface area (Å²) in [7, 11) is 0. The molecule has 0 amide bonds. The maximum Gasteiger partial charge on any atom is 0.0562 e. The van der Waals surface area contributed by atoms with Crippen LogP contribution in [0.2, 0.25) is 0 Å². The number of aromatic nitrogens is 4. The minimum absolute atomic E-state index is 0.653. The van der Waals surface area contributed by atoms with Gasteiger partial charge in [0.15, 0.2) is 0 Å². The number of fused-ring (bicyclic) bond motifs is 16. The third-order valence-corrected chi connectivity index (χ3v) is 15.9. The van der Waals surface area contributed by atoms with Crippen molar-refractivity contribution >= 4 is 70.9 Å². The first-order valence-corrected chi connectivity index (χ1v) is 24.4. The van der Waals surface area contributed by atoms with Gasteiger partial charge in [0.25, 0.3) is 0 Å². The van der Waals surface area contributed by atoms with E-state index in [1.165, 1.54) is 129 Å². The Morgan fingerprint density at radius 1 is 0.358 bits per heavy atom. The number of hydrogen-bond acceptors (Lipinski definition) is 0. The lowest BCUT2D eigenvalue weighted by Gasteiger charge is -2.30. The van der Waals surface area contributed by atoms with Crippen molar-refractivity contribution in [2.45, 2.75) is 51.9 Å². The van der Waals surface area contributed by atoms with E-state index >= 15 is 0 Å². The molecule has 0 unspecified atom stereocenters. The van der Waals surface area contributed by atoms with Crippen LogP contribution in [0.5, 0.6) is 0 Å². The van der Waals surface area contributed by atoms with Gasteiger partial charge >= 0.3 is 0 Å². The van der Waals surface area contributed by atoms with E-state index in [9.17, 15) is 0 Å². The second kappa shape index (κ2) is 14.1. The first-order valence-electron chi connectivity index (χ1n) is 24.4. The summed E-state index contributed by atoms with van der Waals surface area (Å²) in [4.78, 5) is 0. The van der Waals surface area contributed by atoms with E-state index in [2.05, 4.69) is 207 Å². The van der Waals surface area contributed by atoms with Gasteiger partial charge in [0.2, 0.25) is 0 Å². The number of benzene rings is 8. The summed E-state index contributed by atoms with van der Waals surface area (Å²) in [5.41, 5.74) is 23.4. The zero-order valence-electron chi connectivity index (χ0n) is 37.6. The molecule has 8 aromatic carbocycles. The lowest BCUT2D eigenvalue weighted by molar-refractivity contribution is 0.511. The Hall–Kier alpha value is -7.82. The molecule has 4 heteroatoms. The molecular formula is C63H48N4. The van der Waals surface area contributed by atoms with Crippen LogP contribution in [-0.2, 0) is 19.3 Å². The largest absolute Gasteiger partial charge is 0.316 e. The topological polar surface area (TPSA) is 19.7 Å². The van der Waals surface area contributed by atoms with Gasteiger partial charge in [0.1, 0.15) is 0 Å². The van der Waals surface area contributed by atoms with Crippen LogP contribution in [0.25, 0.3) is 105 Å². The molecule has 12 aromatic rings. The standard InChI is InChI=1S/C63H48N4/c1-39-30-31-41-33-35-55-61(47(41)38-39)63-57(67(55)53-29-15-27-51-59(53)46-23-11-13-25-49(46)65(51)43-19-6-3-7-20-43)37-36-56-62(63)60-44-21-9-8-16-40(44)32-34-54(60)66(56)52-28-14-26-50-58(52)45-22-10-12-24-48(45)64(50)42-17-4-2-5-18-42/h2-29,32,34,39H,30-31,33,35-38H2,1H3/t39-/m1/s1. The van der Waals surface area contributed by atoms with Gasteiger partial charge in [0, 0.05) is 72.1 Å². The van der Waals surface area contributed by atoms with E-state index < -0.39 is 0 Å². The molecule has 3 aliphatic rings. The van der Waals surface area contributed by atoms with E-state index in [1.54, 1.807) is 16.7 Å². The summed E-state index contributed by atoms with van der Waals surface area (Å²) in [6.45, 7) is 2.48. The van der Waals surface area contributed by atoms with Crippen molar-refractivity contribution in [3.8, 4) is 33.9 Å². The van der Waals surface area contributed by atoms with Crippen LogP contribution in [0.3, 0.4) is 0 Å². The normalized spacial score (nSPS) is 15.8. The van der Waals surface area contributed by atoms with Crippen molar-refractivity contribution < 1.29 is 0 Å². The average Bonchev–Trinajstić information content (AvgIpc) is 4.12. The third-order valence-electron chi connectivity index (χ3n) is 15.9. The molecule has 0 radical (unpaired) electrons. The van der Waals surface area contributed by atoms with Crippen LogP contribution < -0.4 is 0 Å². The number of nitrogens with zero attached hydrogens (tertiary/aromatic N) is 4. The first-order chi connectivity index (χ1) is 33.2. The molecule has 67 heavy (non-hydrogen) atoms. The minimum atomic E-state index is 0.653. The van der Waals surface area contributed by atoms with Gasteiger partial charge in [0.05, 0.1) is 39.0 Å². The zero-order valence-corrected chi connectivity index (χ0v) is 37.6. The van der Waals surface area contributed by atoms with Gasteiger partial charge in [-0.25, -0.2) is 0 Å². The molecule has 0 saturated heterocycles. The second-order valence-electron chi connectivity index (χ2n) is 19.5. The predicted molar refractivity (Wildman–Crippen MR) is 280 cm³/mol. The first kappa shape index (κ1) is 37.4. The molecule has 4 heterocycles. The van der Waals surface area contributed by atoms with Crippen LogP contribution in [0, 0.1) is 5.92 Å². The zero-order chi connectivity index (χ0) is 43.9. The van der Waals surface area contributed by atoms with Crippen molar-refractivity contribution in [3.63, 3.8) is 0 Å². The van der Waals surface area contributed by atoms with E-state index in [4.69, 9.17) is 0 Å². The number of hydrogen-bond donors (Lipinski definition) is 0. The fourth-order valence-electron chi connectivity index (χ4n) is 13.2. The molecule has 0 saturated carbocycles. The molecular weight excluding hydrogens is 813 g/mol. The van der Waals surface area contributed by atoms with Crippen molar-refractivity contribution in [3.05, 3.63) is 210 Å². The van der Waals surface area contributed by atoms with Gasteiger partial charge < -0.3 is 18.3 Å². The monoisotopic (exact) mass is 860 g/mol. The molecule has 0 spiro atoms. The molecule has 0 bridgehead atoms. The third kappa shape index (κ3) is 5.13. The Labute approximate surface area is 389 Å². The van der Waals surface area contributed by atoms with Crippen LogP contribution in [0.4, 0.5) is 0 Å². The fraction of sp³-hybridized carbons (Fsp3) is 0.143. The van der Waals surface area contributed by atoms with Crippen molar-refractivity contribution in [2.75, 3.05) is 0 Å². The lowest BCUT2D eigenvalue weighted by atomic mass is 9.74. The highest BCUT2D eigenvalue weighted by atomic mass is 15.1. The van der Waals surface area contributed by atoms with Gasteiger partial charge in [-0.15, -0.1) is 0 Å². The molecule has 0 fully saturated rings. The Morgan fingerprint density at radius 2 is 0.866 bits per heavy atom. The molecule has 4 aromatic heterocycles. The van der Waals surface area contributed by atoms with E-state index in [1.807, 2.05) is 0 Å². The molecule has 1 atom stereocenters. The predicted octanol–water partition coefficient (Wildman–Crippen LogP) is 16.1. The molecule has 320 valence electrons. The second-order valence-corrected chi connectivity index (χ2v) is 19.5. The highest BCUT2D eigenvalue weighted by Gasteiger charge is 2.39. The Morgan fingerprint density at radius 3 is 1.52 bits per heavy atom. The summed E-state index contributed by atoms with van der Waals surface area (Å²) in [5, 5.41) is 9.22. The number of allylic oxidation sites excluding steroid dienone is 2. The minimum Gasteiger partial charge on any atom is -0.316 e. The van der Waals surface area contributed by atoms with Gasteiger partial charge in [-0.3, -0.25) is 0 Å². The molecule has 4 nitrogen and oxygen atoms in total. The Bertz CT molecular complexity index is 4070. The summed E-state index contributed by atoms with van der Waals surface area (Å²) >= 11 is 0. The van der Waals surface area contributed by atoms with Gasteiger partial charge in [-0.2, -0.15) is 0 Å². The van der Waals surface area contributed by atoms with Crippen LogP contribution in [0.1, 0.15) is 55.3 Å². The fourth-order valence-corrected chi connectivity index (χ4v) is 13.2. The summed E-state index contributed by atoms with van der Waals surface area (Å²) in [6, 6.07) is 67.9. The maximum atomic E-state index is 2.79. The molecule has 15 rings (SSSR count). The van der Waals surface area contributed by atoms with Crippen LogP contribution >= 0.6 is 0 Å². The number of rotatable bonds is 4. The van der Waals surface area contributed by atoms with E-state index in [-0.39, 0.29) is 0 Å². The lowest BCUT2D eigenvalue weighted by Crippen LogP contribution is -2.15. The van der Waals surface area contributed by atoms with Crippen molar-refractivity contribution in [2.24, 2.45) is 5.92 Å². The Balaban J connectivity index is 1.09. The summed E-state index contributed by atoms with van der Waals surface area (Å²) < 4.78 is 10.4. The Kier molecular flexibility index (Phi) is 7.87. The van der Waals surface area contributed by atoms with Gasteiger partial charge in [-0.05, 0) is 134 Å².